The zero-order valence-corrected chi connectivity index (χ0v) is 15.1. The molecule has 1 aliphatic carbocycles. The maximum atomic E-state index is 12.5. The van der Waals surface area contributed by atoms with Gasteiger partial charge in [-0.15, -0.1) is 17.5 Å². The summed E-state index contributed by atoms with van der Waals surface area (Å²) in [5.41, 5.74) is 7.08. The van der Waals surface area contributed by atoms with Crippen LogP contribution in [0.25, 0.3) is 5.69 Å². The van der Waals surface area contributed by atoms with E-state index in [4.69, 9.17) is 5.73 Å². The summed E-state index contributed by atoms with van der Waals surface area (Å²) in [6, 6.07) is 6.35. The van der Waals surface area contributed by atoms with Gasteiger partial charge in [0, 0.05) is 24.2 Å². The number of hydrogen-bond acceptors (Lipinski definition) is 6. The first-order valence-electron chi connectivity index (χ1n) is 8.19. The van der Waals surface area contributed by atoms with Crippen LogP contribution in [0.2, 0.25) is 0 Å². The topological polar surface area (TPSA) is 129 Å². The van der Waals surface area contributed by atoms with Crippen molar-refractivity contribution in [3.05, 3.63) is 45.8 Å². The Labute approximate surface area is 156 Å². The Morgan fingerprint density at radius 2 is 2.04 bits per heavy atom. The second kappa shape index (κ2) is 8.24. The van der Waals surface area contributed by atoms with Crippen LogP contribution in [0.3, 0.4) is 0 Å². The fraction of sp³-hybridized carbons (Fsp3) is 0.438. The number of carbonyl (C=O) groups excluding carboxylic acids is 1. The summed E-state index contributed by atoms with van der Waals surface area (Å²) in [6.45, 7) is 1.71. The lowest BCUT2D eigenvalue weighted by atomic mass is 9.92. The lowest BCUT2D eigenvalue weighted by Crippen LogP contribution is -2.40. The number of hydrogen-bond donors (Lipinski definition) is 2. The zero-order valence-electron chi connectivity index (χ0n) is 14.3. The molecule has 0 atom stereocenters. The van der Waals surface area contributed by atoms with Crippen molar-refractivity contribution in [2.24, 2.45) is 5.73 Å². The molecule has 1 aliphatic rings. The molecule has 1 amide bonds. The largest absolute Gasteiger partial charge is 0.348 e. The molecule has 1 heterocycles. The molecule has 2 aromatic rings. The number of amides is 1. The van der Waals surface area contributed by atoms with E-state index in [0.717, 1.165) is 25.7 Å². The van der Waals surface area contributed by atoms with Crippen LogP contribution in [0.5, 0.6) is 0 Å². The van der Waals surface area contributed by atoms with Gasteiger partial charge in [0.15, 0.2) is 5.69 Å². The number of benzene rings is 1. The molecule has 0 spiro atoms. The average Bonchev–Trinajstić information content (AvgIpc) is 2.98. The summed E-state index contributed by atoms with van der Waals surface area (Å²) in [6.07, 6.45) is 3.49. The second-order valence-corrected chi connectivity index (χ2v) is 6.30. The highest BCUT2D eigenvalue weighted by Gasteiger charge is 2.24. The van der Waals surface area contributed by atoms with Gasteiger partial charge in [-0.25, -0.2) is 4.68 Å². The molecule has 1 fully saturated rings. The van der Waals surface area contributed by atoms with E-state index in [1.165, 1.54) is 16.8 Å². The van der Waals surface area contributed by atoms with E-state index in [2.05, 4.69) is 15.6 Å². The number of rotatable bonds is 4. The normalized spacial score (nSPS) is 19.5. The van der Waals surface area contributed by atoms with Gasteiger partial charge in [0.2, 0.25) is 0 Å². The Balaban J connectivity index is 0.00000243. The summed E-state index contributed by atoms with van der Waals surface area (Å²) in [4.78, 5) is 22.9. The van der Waals surface area contributed by atoms with Crippen molar-refractivity contribution in [1.29, 1.82) is 0 Å². The third kappa shape index (κ3) is 4.17. The molecule has 0 bridgehead atoms. The van der Waals surface area contributed by atoms with E-state index >= 15 is 0 Å². The van der Waals surface area contributed by atoms with Gasteiger partial charge >= 0.3 is 0 Å². The van der Waals surface area contributed by atoms with Gasteiger partial charge in [0.25, 0.3) is 11.6 Å². The van der Waals surface area contributed by atoms with Crippen LogP contribution < -0.4 is 11.1 Å². The molecule has 10 heteroatoms. The van der Waals surface area contributed by atoms with Crippen molar-refractivity contribution in [1.82, 2.24) is 20.3 Å². The SMILES string of the molecule is Cc1c(C(=O)NC2CCC(N)CC2)nnn1-c1cccc([N+](=O)[O-])c1.Cl. The Kier molecular flexibility index (Phi) is 6.27. The lowest BCUT2D eigenvalue weighted by molar-refractivity contribution is -0.384. The van der Waals surface area contributed by atoms with E-state index in [0.29, 0.717) is 11.4 Å². The Morgan fingerprint density at radius 3 is 2.69 bits per heavy atom. The van der Waals surface area contributed by atoms with Crippen LogP contribution in [0.15, 0.2) is 24.3 Å². The fourth-order valence-electron chi connectivity index (χ4n) is 3.04. The minimum absolute atomic E-state index is 0. The van der Waals surface area contributed by atoms with Crippen LogP contribution in [-0.4, -0.2) is 37.9 Å². The van der Waals surface area contributed by atoms with Crippen molar-refractivity contribution in [3.63, 3.8) is 0 Å². The summed E-state index contributed by atoms with van der Waals surface area (Å²) >= 11 is 0. The van der Waals surface area contributed by atoms with Crippen LogP contribution in [-0.2, 0) is 0 Å². The Hall–Kier alpha value is -2.52. The Bertz CT molecular complexity index is 801. The summed E-state index contributed by atoms with van der Waals surface area (Å²) in [5.74, 6) is -0.283. The minimum Gasteiger partial charge on any atom is -0.348 e. The number of aromatic nitrogens is 3. The molecule has 0 aliphatic heterocycles. The molecule has 1 aromatic carbocycles. The van der Waals surface area contributed by atoms with Gasteiger partial charge in [0.1, 0.15) is 0 Å². The van der Waals surface area contributed by atoms with Crippen LogP contribution in [0, 0.1) is 17.0 Å². The monoisotopic (exact) mass is 380 g/mol. The highest BCUT2D eigenvalue weighted by atomic mass is 35.5. The van der Waals surface area contributed by atoms with E-state index < -0.39 is 4.92 Å². The highest BCUT2D eigenvalue weighted by molar-refractivity contribution is 5.93. The first-order valence-corrected chi connectivity index (χ1v) is 8.19. The van der Waals surface area contributed by atoms with Crippen LogP contribution in [0.1, 0.15) is 41.9 Å². The molecular formula is C16H21ClN6O3. The zero-order chi connectivity index (χ0) is 18.0. The molecule has 0 saturated heterocycles. The first-order chi connectivity index (χ1) is 12.0. The van der Waals surface area contributed by atoms with E-state index in [1.807, 2.05) is 0 Å². The number of nitrogens with two attached hydrogens (primary N) is 1. The summed E-state index contributed by atoms with van der Waals surface area (Å²) < 4.78 is 1.43. The smallest absolute Gasteiger partial charge is 0.273 e. The number of nitrogens with one attached hydrogen (secondary N) is 1. The molecule has 26 heavy (non-hydrogen) atoms. The molecule has 3 N–H and O–H groups in total. The quantitative estimate of drug-likeness (QED) is 0.615. The Morgan fingerprint density at radius 1 is 1.35 bits per heavy atom. The molecule has 9 nitrogen and oxygen atoms in total. The fourth-order valence-corrected chi connectivity index (χ4v) is 3.04. The van der Waals surface area contributed by atoms with Crippen molar-refractivity contribution in [2.45, 2.75) is 44.7 Å². The maximum absolute atomic E-state index is 12.5. The van der Waals surface area contributed by atoms with Crippen molar-refractivity contribution in [2.75, 3.05) is 0 Å². The summed E-state index contributed by atoms with van der Waals surface area (Å²) in [5, 5.41) is 21.8. The van der Waals surface area contributed by atoms with E-state index in [-0.39, 0.29) is 41.8 Å². The van der Waals surface area contributed by atoms with Gasteiger partial charge < -0.3 is 11.1 Å². The molecule has 140 valence electrons. The number of carbonyl (C=O) groups is 1. The van der Waals surface area contributed by atoms with Gasteiger partial charge in [-0.2, -0.15) is 0 Å². The number of halogens is 1. The number of nitrogens with zero attached hydrogens (tertiary/aromatic N) is 4. The lowest BCUT2D eigenvalue weighted by Gasteiger charge is -2.26. The first kappa shape index (κ1) is 19.8. The number of non-ortho nitro benzene ring substituents is 1. The van der Waals surface area contributed by atoms with Gasteiger partial charge in [-0.05, 0) is 38.7 Å². The standard InChI is InChI=1S/C16H20N6O3.ClH/c1-10-15(16(23)18-12-7-5-11(17)6-8-12)19-20-21(10)13-3-2-4-14(9-13)22(24)25;/h2-4,9,11-12H,5-8,17H2,1H3,(H,18,23);1H. The molecule has 1 aromatic heterocycles. The maximum Gasteiger partial charge on any atom is 0.273 e. The van der Waals surface area contributed by atoms with Gasteiger partial charge in [0.05, 0.1) is 16.3 Å². The van der Waals surface area contributed by atoms with Crippen LogP contribution in [0.4, 0.5) is 5.69 Å². The van der Waals surface area contributed by atoms with Crippen molar-refractivity contribution in [3.8, 4) is 5.69 Å². The van der Waals surface area contributed by atoms with Gasteiger partial charge in [-0.3, -0.25) is 14.9 Å². The third-order valence-electron chi connectivity index (χ3n) is 4.50. The molecule has 0 unspecified atom stereocenters. The number of nitro benzene ring substituents is 1. The predicted molar refractivity (Wildman–Crippen MR) is 97.7 cm³/mol. The highest BCUT2D eigenvalue weighted by Crippen LogP contribution is 2.20. The van der Waals surface area contributed by atoms with E-state index in [9.17, 15) is 14.9 Å². The third-order valence-corrected chi connectivity index (χ3v) is 4.50. The molecule has 3 rings (SSSR count). The molecule has 1 saturated carbocycles. The predicted octanol–water partition coefficient (Wildman–Crippen LogP) is 1.91. The molecule has 0 radical (unpaired) electrons. The summed E-state index contributed by atoms with van der Waals surface area (Å²) in [7, 11) is 0. The number of nitro groups is 1. The van der Waals surface area contributed by atoms with Gasteiger partial charge in [-0.1, -0.05) is 11.3 Å². The average molecular weight is 381 g/mol. The van der Waals surface area contributed by atoms with Crippen molar-refractivity contribution >= 4 is 24.0 Å². The van der Waals surface area contributed by atoms with Crippen molar-refractivity contribution < 1.29 is 9.72 Å². The second-order valence-electron chi connectivity index (χ2n) is 6.30. The molecular weight excluding hydrogens is 360 g/mol. The minimum atomic E-state index is -0.475. The van der Waals surface area contributed by atoms with E-state index in [1.54, 1.807) is 19.1 Å². The van der Waals surface area contributed by atoms with Crippen LogP contribution >= 0.6 is 12.4 Å².